The highest BCUT2D eigenvalue weighted by Crippen LogP contribution is 2.35. The van der Waals surface area contributed by atoms with Gasteiger partial charge in [0.25, 0.3) is 0 Å². The number of aliphatic hydroxyl groups excluding tert-OH is 1. The van der Waals surface area contributed by atoms with Gasteiger partial charge in [0.05, 0.1) is 34.0 Å². The normalized spacial score (nSPS) is 28.7. The van der Waals surface area contributed by atoms with Crippen LogP contribution in [0.5, 0.6) is 11.5 Å². The molecule has 33 heavy (non-hydrogen) atoms. The second kappa shape index (κ2) is 10.4. The van der Waals surface area contributed by atoms with Crippen LogP contribution in [0.4, 0.5) is 0 Å². The lowest BCUT2D eigenvalue weighted by atomic mass is 9.96. The van der Waals surface area contributed by atoms with E-state index in [0.29, 0.717) is 13.2 Å². The molecule has 1 N–H and O–H groups in total. The van der Waals surface area contributed by atoms with E-state index in [1.807, 2.05) is 62.4 Å². The Kier molecular flexibility index (Phi) is 7.53. The van der Waals surface area contributed by atoms with Crippen LogP contribution in [0, 0.1) is 0 Å². The minimum absolute atomic E-state index is 0.273. The molecule has 0 bridgehead atoms. The lowest BCUT2D eigenvalue weighted by molar-refractivity contribution is -0.386. The monoisotopic (exact) mass is 460 g/mol. The Bertz CT molecular complexity index is 882. The van der Waals surface area contributed by atoms with Crippen LogP contribution in [0.1, 0.15) is 25.0 Å². The molecule has 5 atom stereocenters. The van der Waals surface area contributed by atoms with Crippen LogP contribution in [-0.4, -0.2) is 62.4 Å². The maximum Gasteiger partial charge on any atom is 0.184 e. The van der Waals surface area contributed by atoms with E-state index >= 15 is 0 Å². The smallest absolute Gasteiger partial charge is 0.184 e. The molecular formula is C25H32O8. The van der Waals surface area contributed by atoms with Gasteiger partial charge in [-0.1, -0.05) is 24.3 Å². The van der Waals surface area contributed by atoms with Crippen molar-refractivity contribution in [3.05, 3.63) is 59.7 Å². The molecule has 4 rings (SSSR count). The van der Waals surface area contributed by atoms with Crippen LogP contribution in [0.25, 0.3) is 0 Å². The lowest BCUT2D eigenvalue weighted by Gasteiger charge is -2.50. The van der Waals surface area contributed by atoms with Crippen LogP contribution in [0.3, 0.4) is 0 Å². The average Bonchev–Trinajstić information content (AvgIpc) is 2.82. The molecule has 0 aromatic heterocycles. The van der Waals surface area contributed by atoms with Gasteiger partial charge in [0, 0.05) is 0 Å². The van der Waals surface area contributed by atoms with Crippen LogP contribution in [0.15, 0.2) is 48.5 Å². The van der Waals surface area contributed by atoms with Crippen molar-refractivity contribution in [2.75, 3.05) is 20.8 Å². The molecule has 8 heteroatoms. The van der Waals surface area contributed by atoms with Crippen LogP contribution in [-0.2, 0) is 36.9 Å². The van der Waals surface area contributed by atoms with E-state index in [4.69, 9.17) is 33.2 Å². The fourth-order valence-electron chi connectivity index (χ4n) is 4.01. The Morgan fingerprint density at radius 2 is 1.36 bits per heavy atom. The molecule has 0 amide bonds. The summed E-state index contributed by atoms with van der Waals surface area (Å²) in [4.78, 5) is 0. The molecule has 2 saturated heterocycles. The molecular weight excluding hydrogens is 428 g/mol. The van der Waals surface area contributed by atoms with Crippen molar-refractivity contribution in [1.82, 2.24) is 0 Å². The zero-order chi connectivity index (χ0) is 23.4. The Balaban J connectivity index is 1.50. The van der Waals surface area contributed by atoms with Crippen molar-refractivity contribution in [2.24, 2.45) is 0 Å². The summed E-state index contributed by atoms with van der Waals surface area (Å²) in [7, 11) is 3.25. The molecule has 8 nitrogen and oxygen atoms in total. The number of ether oxygens (including phenoxy) is 7. The average molecular weight is 461 g/mol. The third kappa shape index (κ3) is 5.84. The number of rotatable bonds is 8. The Morgan fingerprint density at radius 1 is 0.848 bits per heavy atom. The topological polar surface area (TPSA) is 84.8 Å². The summed E-state index contributed by atoms with van der Waals surface area (Å²) < 4.78 is 40.6. The predicted octanol–water partition coefficient (Wildman–Crippen LogP) is 3.04. The number of aliphatic hydroxyl groups is 1. The van der Waals surface area contributed by atoms with Crippen molar-refractivity contribution < 1.29 is 38.3 Å². The van der Waals surface area contributed by atoms with Gasteiger partial charge in [-0.25, -0.2) is 0 Å². The maximum absolute atomic E-state index is 10.8. The SMILES string of the molecule is COc1ccc(CO[C@@H]2[C@@H](OCc3ccc(OC)cc3)[C@@H](O)O[C@@H]3COC(C)(C)O[C@H]23)cc1. The van der Waals surface area contributed by atoms with E-state index in [1.54, 1.807) is 14.2 Å². The number of methoxy groups -OCH3 is 2. The van der Waals surface area contributed by atoms with Crippen molar-refractivity contribution in [1.29, 1.82) is 0 Å². The third-order valence-electron chi connectivity index (χ3n) is 5.83. The molecule has 2 fully saturated rings. The lowest BCUT2D eigenvalue weighted by Crippen LogP contribution is -2.65. The third-order valence-corrected chi connectivity index (χ3v) is 5.83. The highest BCUT2D eigenvalue weighted by Gasteiger charge is 2.52. The summed E-state index contributed by atoms with van der Waals surface area (Å²) in [5, 5.41) is 10.8. The van der Waals surface area contributed by atoms with Crippen LogP contribution >= 0.6 is 0 Å². The van der Waals surface area contributed by atoms with Gasteiger partial charge in [0.2, 0.25) is 0 Å². The van der Waals surface area contributed by atoms with Gasteiger partial charge >= 0.3 is 0 Å². The summed E-state index contributed by atoms with van der Waals surface area (Å²) in [5.74, 6) is 0.742. The van der Waals surface area contributed by atoms with E-state index in [0.717, 1.165) is 22.6 Å². The van der Waals surface area contributed by atoms with Gasteiger partial charge in [-0.3, -0.25) is 0 Å². The van der Waals surface area contributed by atoms with Crippen molar-refractivity contribution in [3.63, 3.8) is 0 Å². The van der Waals surface area contributed by atoms with E-state index < -0.39 is 36.5 Å². The maximum atomic E-state index is 10.8. The second-order valence-corrected chi connectivity index (χ2v) is 8.61. The quantitative estimate of drug-likeness (QED) is 0.644. The Labute approximate surface area is 194 Å². The molecule has 0 radical (unpaired) electrons. The largest absolute Gasteiger partial charge is 0.497 e. The summed E-state index contributed by atoms with van der Waals surface area (Å²) in [6.07, 6.45) is -3.42. The fourth-order valence-corrected chi connectivity index (χ4v) is 4.01. The summed E-state index contributed by atoms with van der Waals surface area (Å²) in [6, 6.07) is 15.2. The second-order valence-electron chi connectivity index (χ2n) is 8.61. The number of hydrogen-bond acceptors (Lipinski definition) is 8. The first-order valence-corrected chi connectivity index (χ1v) is 11.0. The summed E-state index contributed by atoms with van der Waals surface area (Å²) >= 11 is 0. The molecule has 180 valence electrons. The first kappa shape index (κ1) is 23.9. The number of hydrogen-bond donors (Lipinski definition) is 1. The minimum Gasteiger partial charge on any atom is -0.497 e. The van der Waals surface area contributed by atoms with Gasteiger partial charge in [-0.15, -0.1) is 0 Å². The highest BCUT2D eigenvalue weighted by molar-refractivity contribution is 5.27. The Morgan fingerprint density at radius 3 is 1.88 bits per heavy atom. The number of benzene rings is 2. The van der Waals surface area contributed by atoms with Crippen molar-refractivity contribution in [2.45, 2.75) is 63.6 Å². The zero-order valence-corrected chi connectivity index (χ0v) is 19.4. The van der Waals surface area contributed by atoms with Gasteiger partial charge < -0.3 is 38.3 Å². The van der Waals surface area contributed by atoms with Crippen LogP contribution < -0.4 is 9.47 Å². The van der Waals surface area contributed by atoms with E-state index in [2.05, 4.69) is 0 Å². The van der Waals surface area contributed by atoms with Crippen molar-refractivity contribution >= 4 is 0 Å². The van der Waals surface area contributed by atoms with Gasteiger partial charge in [0.1, 0.15) is 35.9 Å². The highest BCUT2D eigenvalue weighted by atomic mass is 16.8. The van der Waals surface area contributed by atoms with E-state index in [9.17, 15) is 5.11 Å². The first-order chi connectivity index (χ1) is 15.9. The molecule has 2 aromatic rings. The molecule has 2 aromatic carbocycles. The molecule has 2 aliphatic heterocycles. The van der Waals surface area contributed by atoms with E-state index in [1.165, 1.54) is 0 Å². The van der Waals surface area contributed by atoms with Crippen LogP contribution in [0.2, 0.25) is 0 Å². The summed E-state index contributed by atoms with van der Waals surface area (Å²) in [6.45, 7) is 4.58. The number of fused-ring (bicyclic) bond motifs is 1. The molecule has 0 unspecified atom stereocenters. The standard InChI is InChI=1S/C25H32O8/c1-25(2)31-15-20-21(33-25)22(29-13-16-5-9-18(27-3)10-6-16)23(24(26)32-20)30-14-17-7-11-19(28-4)12-8-17/h5-12,20-24,26H,13-15H2,1-4H3/t20-,21+,22+,23-,24+/m1/s1. The van der Waals surface area contributed by atoms with Gasteiger partial charge in [-0.2, -0.15) is 0 Å². The van der Waals surface area contributed by atoms with Gasteiger partial charge in [0.15, 0.2) is 12.1 Å². The summed E-state index contributed by atoms with van der Waals surface area (Å²) in [5.41, 5.74) is 1.90. The predicted molar refractivity (Wildman–Crippen MR) is 119 cm³/mol. The first-order valence-electron chi connectivity index (χ1n) is 11.0. The molecule has 0 spiro atoms. The molecule has 0 aliphatic carbocycles. The van der Waals surface area contributed by atoms with E-state index in [-0.39, 0.29) is 6.61 Å². The molecule has 2 aliphatic rings. The fraction of sp³-hybridized carbons (Fsp3) is 0.520. The van der Waals surface area contributed by atoms with Gasteiger partial charge in [-0.05, 0) is 49.2 Å². The Hall–Kier alpha value is -2.20. The zero-order valence-electron chi connectivity index (χ0n) is 19.4. The molecule has 2 heterocycles. The molecule has 0 saturated carbocycles. The van der Waals surface area contributed by atoms with Crippen molar-refractivity contribution in [3.8, 4) is 11.5 Å². The minimum atomic E-state index is -1.18.